The maximum atomic E-state index is 13.0. The Labute approximate surface area is 111 Å². The second-order valence-electron chi connectivity index (χ2n) is 5.26. The molecule has 1 fully saturated rings. The maximum Gasteiger partial charge on any atom is 0.262 e. The molecule has 3 nitrogen and oxygen atoms in total. The molecule has 2 N–H and O–H groups in total. The normalized spacial score (nSPS) is 21.6. The van der Waals surface area contributed by atoms with Crippen LogP contribution in [-0.4, -0.2) is 24.4 Å². The Morgan fingerprint density at radius 3 is 2.79 bits per heavy atom. The predicted molar refractivity (Wildman–Crippen MR) is 70.5 cm³/mol. The third-order valence-corrected chi connectivity index (χ3v) is 3.25. The van der Waals surface area contributed by atoms with Crippen LogP contribution in [0.1, 0.15) is 31.7 Å². The molecular weight excluding hydrogens is 250 g/mol. The fourth-order valence-corrected chi connectivity index (χ4v) is 2.11. The zero-order valence-electron chi connectivity index (χ0n) is 11.0. The van der Waals surface area contributed by atoms with E-state index in [1.54, 1.807) is 6.07 Å². The topological polar surface area (TPSA) is 41.1 Å². The standard InChI is InChI=1S/C14H18F2N2O/c1-9(2)10-4-3-5-11(6-10)18-13(19)12-7-14(15,16)8-17-12/h3-6,9,12,17H,7-8H2,1-2H3,(H,18,19). The molecule has 1 aliphatic heterocycles. The lowest BCUT2D eigenvalue weighted by atomic mass is 10.0. The molecule has 0 aliphatic carbocycles. The van der Waals surface area contributed by atoms with Gasteiger partial charge in [0.15, 0.2) is 0 Å². The molecule has 0 aromatic heterocycles. The van der Waals surface area contributed by atoms with E-state index in [0.29, 0.717) is 11.6 Å². The molecule has 104 valence electrons. The van der Waals surface area contributed by atoms with Crippen LogP contribution in [-0.2, 0) is 4.79 Å². The summed E-state index contributed by atoms with van der Waals surface area (Å²) in [5.74, 6) is -2.84. The summed E-state index contributed by atoms with van der Waals surface area (Å²) in [6, 6.07) is 6.63. The van der Waals surface area contributed by atoms with Crippen molar-refractivity contribution < 1.29 is 13.6 Å². The van der Waals surface area contributed by atoms with E-state index in [2.05, 4.69) is 24.5 Å². The lowest BCUT2D eigenvalue weighted by Crippen LogP contribution is -2.35. The van der Waals surface area contributed by atoms with Gasteiger partial charge >= 0.3 is 0 Å². The summed E-state index contributed by atoms with van der Waals surface area (Å²) in [6.07, 6.45) is -0.442. The molecule has 0 radical (unpaired) electrons. The number of alkyl halides is 2. The van der Waals surface area contributed by atoms with Crippen molar-refractivity contribution in [2.24, 2.45) is 0 Å². The number of carbonyl (C=O) groups excluding carboxylic acids is 1. The average molecular weight is 268 g/mol. The molecule has 5 heteroatoms. The molecule has 1 amide bonds. The molecule has 0 spiro atoms. The molecule has 1 heterocycles. The number of halogens is 2. The second kappa shape index (κ2) is 5.25. The lowest BCUT2D eigenvalue weighted by Gasteiger charge is -2.13. The predicted octanol–water partition coefficient (Wildman–Crippen LogP) is 2.75. The number of nitrogens with one attached hydrogen (secondary N) is 2. The Bertz CT molecular complexity index is 474. The Morgan fingerprint density at radius 1 is 1.47 bits per heavy atom. The maximum absolute atomic E-state index is 13.0. The minimum absolute atomic E-state index is 0.353. The highest BCUT2D eigenvalue weighted by Gasteiger charge is 2.42. The molecule has 0 saturated carbocycles. The van der Waals surface area contributed by atoms with Gasteiger partial charge in [-0.05, 0) is 23.6 Å². The van der Waals surface area contributed by atoms with Crippen molar-refractivity contribution in [1.29, 1.82) is 0 Å². The summed E-state index contributed by atoms with van der Waals surface area (Å²) in [4.78, 5) is 11.9. The van der Waals surface area contributed by atoms with E-state index in [-0.39, 0.29) is 0 Å². The molecule has 0 bridgehead atoms. The SMILES string of the molecule is CC(C)c1cccc(NC(=O)C2CC(F)(F)CN2)c1. The van der Waals surface area contributed by atoms with E-state index in [1.165, 1.54) is 0 Å². The molecule has 19 heavy (non-hydrogen) atoms. The van der Waals surface area contributed by atoms with Crippen LogP contribution in [0.4, 0.5) is 14.5 Å². The highest BCUT2D eigenvalue weighted by atomic mass is 19.3. The van der Waals surface area contributed by atoms with Gasteiger partial charge < -0.3 is 5.32 Å². The van der Waals surface area contributed by atoms with Crippen molar-refractivity contribution in [2.45, 2.75) is 38.2 Å². The molecular formula is C14H18F2N2O. The fourth-order valence-electron chi connectivity index (χ4n) is 2.11. The van der Waals surface area contributed by atoms with E-state index < -0.39 is 30.8 Å². The number of amides is 1. The van der Waals surface area contributed by atoms with Crippen LogP contribution in [0.2, 0.25) is 0 Å². The first-order valence-corrected chi connectivity index (χ1v) is 6.39. The highest BCUT2D eigenvalue weighted by molar-refractivity contribution is 5.95. The van der Waals surface area contributed by atoms with Crippen LogP contribution in [0.15, 0.2) is 24.3 Å². The Hall–Kier alpha value is -1.49. The number of hydrogen-bond acceptors (Lipinski definition) is 2. The Balaban J connectivity index is 2.01. The van der Waals surface area contributed by atoms with Gasteiger partial charge in [-0.1, -0.05) is 26.0 Å². The summed E-state index contributed by atoms with van der Waals surface area (Å²) in [5, 5.41) is 5.22. The highest BCUT2D eigenvalue weighted by Crippen LogP contribution is 2.26. The fraction of sp³-hybridized carbons (Fsp3) is 0.500. The van der Waals surface area contributed by atoms with Crippen molar-refractivity contribution in [3.8, 4) is 0 Å². The molecule has 1 aromatic carbocycles. The van der Waals surface area contributed by atoms with E-state index in [0.717, 1.165) is 5.56 Å². The summed E-state index contributed by atoms with van der Waals surface area (Å²) in [7, 11) is 0. The largest absolute Gasteiger partial charge is 0.325 e. The Kier molecular flexibility index (Phi) is 3.85. The van der Waals surface area contributed by atoms with Gasteiger partial charge in [-0.2, -0.15) is 0 Å². The number of benzene rings is 1. The molecule has 1 aliphatic rings. The minimum atomic E-state index is -2.79. The third kappa shape index (κ3) is 3.50. The zero-order valence-corrected chi connectivity index (χ0v) is 11.0. The van der Waals surface area contributed by atoms with E-state index >= 15 is 0 Å². The van der Waals surface area contributed by atoms with Crippen LogP contribution in [0.3, 0.4) is 0 Å². The van der Waals surface area contributed by atoms with Crippen LogP contribution in [0.25, 0.3) is 0 Å². The second-order valence-corrected chi connectivity index (χ2v) is 5.26. The van der Waals surface area contributed by atoms with Crippen molar-refractivity contribution in [2.75, 3.05) is 11.9 Å². The summed E-state index contributed by atoms with van der Waals surface area (Å²) < 4.78 is 26.0. The average Bonchev–Trinajstić information content (AvgIpc) is 2.70. The van der Waals surface area contributed by atoms with Gasteiger partial charge in [0.05, 0.1) is 12.6 Å². The number of carbonyl (C=O) groups is 1. The third-order valence-electron chi connectivity index (χ3n) is 3.25. The van der Waals surface area contributed by atoms with Crippen LogP contribution in [0, 0.1) is 0 Å². The summed E-state index contributed by atoms with van der Waals surface area (Å²) >= 11 is 0. The summed E-state index contributed by atoms with van der Waals surface area (Å²) in [6.45, 7) is 3.68. The molecule has 2 rings (SSSR count). The van der Waals surface area contributed by atoms with Crippen LogP contribution in [0.5, 0.6) is 0 Å². The smallest absolute Gasteiger partial charge is 0.262 e. The number of hydrogen-bond donors (Lipinski definition) is 2. The van der Waals surface area contributed by atoms with Gasteiger partial charge in [0.2, 0.25) is 5.91 Å². The monoisotopic (exact) mass is 268 g/mol. The van der Waals surface area contributed by atoms with Crippen molar-refractivity contribution in [1.82, 2.24) is 5.32 Å². The van der Waals surface area contributed by atoms with Gasteiger partial charge in [-0.3, -0.25) is 10.1 Å². The van der Waals surface area contributed by atoms with Gasteiger partial charge in [0.1, 0.15) is 0 Å². The van der Waals surface area contributed by atoms with Gasteiger partial charge in [-0.25, -0.2) is 8.78 Å². The molecule has 1 aromatic rings. The van der Waals surface area contributed by atoms with Crippen molar-refractivity contribution >= 4 is 11.6 Å². The first-order chi connectivity index (χ1) is 8.87. The Morgan fingerprint density at radius 2 is 2.21 bits per heavy atom. The molecule has 1 unspecified atom stereocenters. The lowest BCUT2D eigenvalue weighted by molar-refractivity contribution is -0.118. The van der Waals surface area contributed by atoms with E-state index in [4.69, 9.17) is 0 Å². The number of rotatable bonds is 3. The van der Waals surface area contributed by atoms with Gasteiger partial charge in [0.25, 0.3) is 5.92 Å². The first-order valence-electron chi connectivity index (χ1n) is 6.39. The van der Waals surface area contributed by atoms with Crippen LogP contribution < -0.4 is 10.6 Å². The van der Waals surface area contributed by atoms with Crippen molar-refractivity contribution in [3.05, 3.63) is 29.8 Å². The van der Waals surface area contributed by atoms with Crippen molar-refractivity contribution in [3.63, 3.8) is 0 Å². The minimum Gasteiger partial charge on any atom is -0.325 e. The zero-order chi connectivity index (χ0) is 14.0. The first kappa shape index (κ1) is 13.9. The number of anilines is 1. The van der Waals surface area contributed by atoms with Crippen LogP contribution >= 0.6 is 0 Å². The van der Waals surface area contributed by atoms with Gasteiger partial charge in [-0.15, -0.1) is 0 Å². The van der Waals surface area contributed by atoms with E-state index in [1.807, 2.05) is 18.2 Å². The summed E-state index contributed by atoms with van der Waals surface area (Å²) in [5.41, 5.74) is 1.75. The molecule has 1 saturated heterocycles. The quantitative estimate of drug-likeness (QED) is 0.885. The molecule has 1 atom stereocenters. The van der Waals surface area contributed by atoms with E-state index in [9.17, 15) is 13.6 Å². The van der Waals surface area contributed by atoms with Gasteiger partial charge in [0, 0.05) is 12.1 Å².